The second kappa shape index (κ2) is 9.97. The van der Waals surface area contributed by atoms with Crippen molar-refractivity contribution < 1.29 is 9.15 Å². The molecule has 0 N–H and O–H groups in total. The fraction of sp³-hybridized carbons (Fsp3) is 0.143. The molecule has 0 radical (unpaired) electrons. The van der Waals surface area contributed by atoms with Crippen LogP contribution in [-0.4, -0.2) is 12.6 Å². The lowest BCUT2D eigenvalue weighted by Crippen LogP contribution is -2.64. The molecule has 0 saturated heterocycles. The first kappa shape index (κ1) is 26.2. The van der Waals surface area contributed by atoms with Crippen LogP contribution in [0.4, 0.5) is 0 Å². The summed E-state index contributed by atoms with van der Waals surface area (Å²) in [6.07, 6.45) is 25.3. The Morgan fingerprint density at radius 2 is 1.59 bits per heavy atom. The summed E-state index contributed by atoms with van der Waals surface area (Å²) in [6.45, 7) is 0. The van der Waals surface area contributed by atoms with E-state index in [1.54, 1.807) is 5.20 Å². The summed E-state index contributed by atoms with van der Waals surface area (Å²) in [5, 5.41) is 10.6. The Morgan fingerprint density at radius 3 is 2.50 bits per heavy atom. The van der Waals surface area contributed by atoms with Crippen molar-refractivity contribution in [3.63, 3.8) is 0 Å². The van der Waals surface area contributed by atoms with E-state index in [0.29, 0.717) is 0 Å². The maximum Gasteiger partial charge on any atom is 0.184 e. The van der Waals surface area contributed by atoms with Crippen LogP contribution in [0.3, 0.4) is 0 Å². The molecule has 222 valence electrons. The Labute approximate surface area is 268 Å². The first-order valence-corrected chi connectivity index (χ1v) is 18.6. The summed E-state index contributed by atoms with van der Waals surface area (Å²) in [4.78, 5) is 0. The molecule has 10 rings (SSSR count). The molecule has 0 spiro atoms. The quantitative estimate of drug-likeness (QED) is 0.189. The molecule has 0 bridgehead atoms. The third-order valence-electron chi connectivity index (χ3n) is 10.5. The molecule has 0 fully saturated rings. The van der Waals surface area contributed by atoms with Crippen LogP contribution in [0.1, 0.15) is 38.5 Å². The van der Waals surface area contributed by atoms with Gasteiger partial charge in [-0.3, -0.25) is 0 Å². The van der Waals surface area contributed by atoms with Crippen LogP contribution >= 0.6 is 0 Å². The number of benzene rings is 4. The Bertz CT molecular complexity index is 2520. The molecule has 3 nitrogen and oxygen atoms in total. The largest absolute Gasteiger partial charge is 0.457 e. The second-order valence-electron chi connectivity index (χ2n) is 12.9. The van der Waals surface area contributed by atoms with Crippen LogP contribution in [0.5, 0.6) is 11.5 Å². The number of rotatable bonds is 3. The number of fused-ring (bicyclic) bond motifs is 9. The minimum Gasteiger partial charge on any atom is -0.457 e. The van der Waals surface area contributed by atoms with Gasteiger partial charge in [-0.15, -0.1) is 0 Å². The number of furan rings is 1. The second-order valence-corrected chi connectivity index (χ2v) is 16.7. The lowest BCUT2D eigenvalue weighted by atomic mass is 10.1. The third kappa shape index (κ3) is 3.53. The van der Waals surface area contributed by atoms with Gasteiger partial charge in [-0.2, -0.15) is 0 Å². The van der Waals surface area contributed by atoms with Gasteiger partial charge in [-0.1, -0.05) is 90.2 Å². The van der Waals surface area contributed by atoms with Gasteiger partial charge in [0.2, 0.25) is 0 Å². The van der Waals surface area contributed by atoms with E-state index in [1.807, 2.05) is 0 Å². The standard InChI is InChI=1S/C42H33NO2Si/c1-3-13-29(14-4-1)46(30-15-5-2-6-16-30)39-22-12-11-21-38(39)45-42-40(46)26-24-35-41(42)32-18-7-9-19-34(32)43(35)28-23-25-37-33(27-28)31-17-8-10-20-36(31)44-37/h1,3,5,7,9,11-13,15-27H,2,4,6,8,10,14H2. The SMILES string of the molecule is C1=CCCC([Si]2(C3=CCCC=C3)c3ccccc3Oc3c2ccc2c3c3ccccc3n2-c2ccc3oc4c(c3c2)=CCCC=4)=C1. The Hall–Kier alpha value is -5.06. The molecular weight excluding hydrogens is 579 g/mol. The molecule has 46 heavy (non-hydrogen) atoms. The van der Waals surface area contributed by atoms with E-state index in [9.17, 15) is 0 Å². The maximum absolute atomic E-state index is 7.12. The van der Waals surface area contributed by atoms with Crippen LogP contribution in [0.15, 0.2) is 130 Å². The summed E-state index contributed by atoms with van der Waals surface area (Å²) in [5.74, 6) is 2.03. The zero-order valence-corrected chi connectivity index (χ0v) is 26.6. The Balaban J connectivity index is 1.32. The minimum atomic E-state index is -2.61. The van der Waals surface area contributed by atoms with Crippen molar-refractivity contribution in [3.8, 4) is 17.2 Å². The number of allylic oxidation sites excluding steroid dienone is 8. The summed E-state index contributed by atoms with van der Waals surface area (Å²) in [7, 11) is -2.61. The van der Waals surface area contributed by atoms with Gasteiger partial charge < -0.3 is 13.7 Å². The number of ether oxygens (including phenoxy) is 1. The molecule has 3 heterocycles. The van der Waals surface area contributed by atoms with Gasteiger partial charge in [0, 0.05) is 21.7 Å². The summed E-state index contributed by atoms with van der Waals surface area (Å²) in [6, 6.07) is 29.1. The van der Waals surface area contributed by atoms with E-state index >= 15 is 0 Å². The predicted molar refractivity (Wildman–Crippen MR) is 192 cm³/mol. The Kier molecular flexibility index (Phi) is 5.67. The van der Waals surface area contributed by atoms with Crippen molar-refractivity contribution >= 4 is 63.4 Å². The molecule has 1 atom stereocenters. The number of para-hydroxylation sites is 2. The first-order valence-electron chi connectivity index (χ1n) is 16.6. The van der Waals surface area contributed by atoms with Crippen LogP contribution < -0.4 is 25.7 Å². The van der Waals surface area contributed by atoms with Crippen LogP contribution in [0, 0.1) is 0 Å². The zero-order chi connectivity index (χ0) is 30.2. The predicted octanol–water partition coefficient (Wildman–Crippen LogP) is 8.18. The highest BCUT2D eigenvalue weighted by atomic mass is 28.3. The number of aromatic nitrogens is 1. The summed E-state index contributed by atoms with van der Waals surface area (Å²) >= 11 is 0. The van der Waals surface area contributed by atoms with E-state index in [-0.39, 0.29) is 0 Å². The zero-order valence-electron chi connectivity index (χ0n) is 25.6. The van der Waals surface area contributed by atoms with Crippen molar-refractivity contribution in [1.29, 1.82) is 0 Å². The molecule has 3 aliphatic carbocycles. The van der Waals surface area contributed by atoms with Gasteiger partial charge in [0.15, 0.2) is 8.07 Å². The van der Waals surface area contributed by atoms with E-state index in [2.05, 4.69) is 132 Å². The van der Waals surface area contributed by atoms with Gasteiger partial charge >= 0.3 is 0 Å². The molecule has 6 aromatic rings. The van der Waals surface area contributed by atoms with Crippen LogP contribution in [0.25, 0.3) is 50.6 Å². The third-order valence-corrected chi connectivity index (χ3v) is 15.5. The molecule has 4 heteroatoms. The fourth-order valence-electron chi connectivity index (χ4n) is 8.54. The summed E-state index contributed by atoms with van der Waals surface area (Å²) in [5.41, 5.74) is 5.44. The number of nitrogens with zero attached hydrogens (tertiary/aromatic N) is 1. The van der Waals surface area contributed by atoms with Crippen molar-refractivity contribution in [3.05, 3.63) is 136 Å². The molecule has 0 saturated carbocycles. The molecule has 1 unspecified atom stereocenters. The molecule has 1 aliphatic heterocycles. The minimum absolute atomic E-state index is 0.945. The molecule has 2 aromatic heterocycles. The lowest BCUT2D eigenvalue weighted by molar-refractivity contribution is 0.492. The maximum atomic E-state index is 7.12. The van der Waals surface area contributed by atoms with E-state index in [1.165, 1.54) is 48.0 Å². The molecule has 0 amide bonds. The van der Waals surface area contributed by atoms with E-state index in [4.69, 9.17) is 9.15 Å². The smallest absolute Gasteiger partial charge is 0.184 e. The lowest BCUT2D eigenvalue weighted by Gasteiger charge is -2.42. The van der Waals surface area contributed by atoms with E-state index < -0.39 is 8.07 Å². The summed E-state index contributed by atoms with van der Waals surface area (Å²) < 4.78 is 15.8. The Morgan fingerprint density at radius 1 is 0.696 bits per heavy atom. The van der Waals surface area contributed by atoms with Gasteiger partial charge in [-0.05, 0) is 96.6 Å². The van der Waals surface area contributed by atoms with Gasteiger partial charge in [0.1, 0.15) is 22.5 Å². The topological polar surface area (TPSA) is 27.3 Å². The van der Waals surface area contributed by atoms with Crippen molar-refractivity contribution in [2.45, 2.75) is 38.5 Å². The van der Waals surface area contributed by atoms with Crippen LogP contribution in [0.2, 0.25) is 0 Å². The van der Waals surface area contributed by atoms with Gasteiger partial charge in [0.25, 0.3) is 0 Å². The molecule has 4 aromatic carbocycles. The van der Waals surface area contributed by atoms with Crippen molar-refractivity contribution in [1.82, 2.24) is 4.57 Å². The highest BCUT2D eigenvalue weighted by molar-refractivity contribution is 7.14. The molecule has 4 aliphatic rings. The van der Waals surface area contributed by atoms with Crippen molar-refractivity contribution in [2.24, 2.45) is 0 Å². The van der Waals surface area contributed by atoms with Gasteiger partial charge in [-0.25, -0.2) is 0 Å². The normalized spacial score (nSPS) is 19.9. The monoisotopic (exact) mass is 611 g/mol. The first-order chi connectivity index (χ1) is 22.8. The number of hydrogen-bond acceptors (Lipinski definition) is 2. The molecular formula is C42H33NO2Si. The average Bonchev–Trinajstić information content (AvgIpc) is 3.67. The number of hydrogen-bond donors (Lipinski definition) is 0. The van der Waals surface area contributed by atoms with E-state index in [0.717, 1.165) is 66.7 Å². The van der Waals surface area contributed by atoms with Crippen molar-refractivity contribution in [2.75, 3.05) is 0 Å². The fourth-order valence-corrected chi connectivity index (χ4v) is 13.9. The average molecular weight is 612 g/mol. The van der Waals surface area contributed by atoms with Gasteiger partial charge in [0.05, 0.1) is 16.4 Å². The van der Waals surface area contributed by atoms with Crippen LogP contribution in [-0.2, 0) is 0 Å². The highest BCUT2D eigenvalue weighted by Crippen LogP contribution is 2.45. The highest BCUT2D eigenvalue weighted by Gasteiger charge is 2.50.